The third kappa shape index (κ3) is 4.97. The standard InChI is InChI=1S/C44H24B5N3/c45-38-39(46)41(48)43(42(49)40(38)47)52-35-21-8-7-20-34(35)51-44(52)33-19-6-5-18-32(33)37-30-16-3-1-14-28(30)36(29-15-2-4-17-31(29)37)26-12-9-11-25(23-26)27-13-10-22-50-24-27/h1-24H. The van der Waals surface area contributed by atoms with Crippen LogP contribution in [0.2, 0.25) is 0 Å². The molecule has 0 aliphatic carbocycles. The molecular formula is C44H24B5N3. The number of rotatable bonds is 5. The van der Waals surface area contributed by atoms with Gasteiger partial charge in [0.25, 0.3) is 0 Å². The van der Waals surface area contributed by atoms with Crippen molar-refractivity contribution in [2.24, 2.45) is 0 Å². The molecular weight excluding hydrogens is 625 g/mol. The van der Waals surface area contributed by atoms with Gasteiger partial charge in [-0.3, -0.25) is 9.55 Å². The molecule has 3 nitrogen and oxygen atoms in total. The van der Waals surface area contributed by atoms with Gasteiger partial charge in [-0.25, -0.2) is 4.98 Å². The van der Waals surface area contributed by atoms with E-state index < -0.39 is 0 Å². The fourth-order valence-corrected chi connectivity index (χ4v) is 7.52. The predicted octanol–water partition coefficient (Wildman–Crippen LogP) is 5.36. The van der Waals surface area contributed by atoms with Gasteiger partial charge in [-0.2, -0.15) is 0 Å². The summed E-state index contributed by atoms with van der Waals surface area (Å²) in [5, 5.41) is 4.49. The summed E-state index contributed by atoms with van der Waals surface area (Å²) in [5.41, 5.74) is 10.4. The number of para-hydroxylation sites is 2. The van der Waals surface area contributed by atoms with Crippen molar-refractivity contribution in [3.05, 3.63) is 146 Å². The molecule has 2 heterocycles. The smallest absolute Gasteiger partial charge is 0.146 e. The second-order valence-corrected chi connectivity index (χ2v) is 12.9. The largest absolute Gasteiger partial charge is 0.294 e. The molecule has 0 fully saturated rings. The predicted molar refractivity (Wildman–Crippen MR) is 223 cm³/mol. The first kappa shape index (κ1) is 31.9. The van der Waals surface area contributed by atoms with Gasteiger partial charge in [0, 0.05) is 29.2 Å². The molecule has 0 atom stereocenters. The molecule has 0 amide bonds. The van der Waals surface area contributed by atoms with Crippen molar-refractivity contribution in [2.75, 3.05) is 0 Å². The van der Waals surface area contributed by atoms with Crippen LogP contribution in [0.5, 0.6) is 0 Å². The second kappa shape index (κ2) is 12.6. The van der Waals surface area contributed by atoms with Gasteiger partial charge in [0.2, 0.25) is 0 Å². The first-order valence-electron chi connectivity index (χ1n) is 17.0. The Morgan fingerprint density at radius 2 is 0.981 bits per heavy atom. The zero-order valence-electron chi connectivity index (χ0n) is 28.1. The Labute approximate surface area is 308 Å². The highest BCUT2D eigenvalue weighted by Crippen LogP contribution is 2.46. The lowest BCUT2D eigenvalue weighted by Crippen LogP contribution is -2.56. The lowest BCUT2D eigenvalue weighted by molar-refractivity contribution is 1.12. The molecule has 9 rings (SSSR count). The Hall–Kier alpha value is -6.00. The summed E-state index contributed by atoms with van der Waals surface area (Å²) in [6.07, 6.45) is 3.70. The van der Waals surface area contributed by atoms with E-state index in [1.54, 1.807) is 6.20 Å². The van der Waals surface area contributed by atoms with Crippen molar-refractivity contribution in [1.29, 1.82) is 0 Å². The van der Waals surface area contributed by atoms with E-state index in [1.165, 1.54) is 5.56 Å². The molecule has 230 valence electrons. The highest BCUT2D eigenvalue weighted by molar-refractivity contribution is 6.68. The number of fused-ring (bicyclic) bond motifs is 3. The SMILES string of the molecule is [B]c1c([B])c([B])c(-n2c(-c3ccccc3-c3c4ccccc4c(-c4cccc(-c5cccnc5)c4)c4ccccc34)nc3ccccc32)c([B])c1[B]. The van der Waals surface area contributed by atoms with E-state index in [2.05, 4.69) is 102 Å². The summed E-state index contributed by atoms with van der Waals surface area (Å²) < 4.78 is 1.95. The molecule has 0 unspecified atom stereocenters. The molecule has 7 aromatic carbocycles. The van der Waals surface area contributed by atoms with E-state index >= 15 is 0 Å². The summed E-state index contributed by atoms with van der Waals surface area (Å²) >= 11 is 0. The van der Waals surface area contributed by atoms with Gasteiger partial charge in [0.1, 0.15) is 45.1 Å². The summed E-state index contributed by atoms with van der Waals surface area (Å²) in [6, 6.07) is 46.1. The summed E-state index contributed by atoms with van der Waals surface area (Å²) in [5.74, 6) is 0.639. The van der Waals surface area contributed by atoms with Crippen LogP contribution in [0.4, 0.5) is 0 Å². The van der Waals surface area contributed by atoms with Crippen LogP contribution in [0.15, 0.2) is 146 Å². The maximum Gasteiger partial charge on any atom is 0.146 e. The minimum atomic E-state index is 0.161. The van der Waals surface area contributed by atoms with Crippen LogP contribution in [0, 0.1) is 0 Å². The fraction of sp³-hybridized carbons (Fsp3) is 0. The van der Waals surface area contributed by atoms with Crippen molar-refractivity contribution in [3.8, 4) is 50.5 Å². The quantitative estimate of drug-likeness (QED) is 0.186. The molecule has 0 saturated heterocycles. The van der Waals surface area contributed by atoms with Crippen LogP contribution in [-0.4, -0.2) is 53.8 Å². The van der Waals surface area contributed by atoms with Crippen LogP contribution in [-0.2, 0) is 0 Å². The fourth-order valence-electron chi connectivity index (χ4n) is 7.52. The van der Waals surface area contributed by atoms with Crippen LogP contribution in [0.3, 0.4) is 0 Å². The topological polar surface area (TPSA) is 30.7 Å². The van der Waals surface area contributed by atoms with E-state index in [1.807, 2.05) is 47.2 Å². The molecule has 0 spiro atoms. The van der Waals surface area contributed by atoms with Crippen molar-refractivity contribution >= 4 is 99.1 Å². The molecule has 8 heteroatoms. The Balaban J connectivity index is 1.36. The van der Waals surface area contributed by atoms with E-state index in [0.29, 0.717) is 11.5 Å². The molecule has 9 aromatic rings. The number of nitrogens with zero attached hydrogens (tertiary/aromatic N) is 3. The van der Waals surface area contributed by atoms with E-state index in [4.69, 9.17) is 44.2 Å². The Bertz CT molecular complexity index is 2780. The third-order valence-electron chi connectivity index (χ3n) is 9.97. The van der Waals surface area contributed by atoms with Crippen molar-refractivity contribution in [2.45, 2.75) is 0 Å². The molecule has 0 saturated carbocycles. The zero-order chi connectivity index (χ0) is 35.5. The molecule has 0 aliphatic heterocycles. The lowest BCUT2D eigenvalue weighted by atomic mass is 9.61. The maximum absolute atomic E-state index is 6.71. The second-order valence-electron chi connectivity index (χ2n) is 12.9. The highest BCUT2D eigenvalue weighted by atomic mass is 15.1. The first-order chi connectivity index (χ1) is 25.4. The number of hydrogen-bond donors (Lipinski definition) is 0. The minimum Gasteiger partial charge on any atom is -0.294 e. The molecule has 0 N–H and O–H groups in total. The zero-order valence-corrected chi connectivity index (χ0v) is 28.1. The van der Waals surface area contributed by atoms with E-state index in [-0.39, 0.29) is 27.3 Å². The monoisotopic (exact) mass is 649 g/mol. The first-order valence-corrected chi connectivity index (χ1v) is 17.0. The van der Waals surface area contributed by atoms with Crippen LogP contribution < -0.4 is 27.3 Å². The van der Waals surface area contributed by atoms with Crippen molar-refractivity contribution < 1.29 is 0 Å². The number of pyridine rings is 1. The van der Waals surface area contributed by atoms with E-state index in [9.17, 15) is 0 Å². The average molecular weight is 649 g/mol. The van der Waals surface area contributed by atoms with Crippen LogP contribution in [0.1, 0.15) is 0 Å². The Morgan fingerprint density at radius 3 is 1.63 bits per heavy atom. The van der Waals surface area contributed by atoms with Gasteiger partial charge in [0.05, 0.1) is 11.0 Å². The molecule has 0 aliphatic rings. The van der Waals surface area contributed by atoms with Gasteiger partial charge < -0.3 is 0 Å². The highest BCUT2D eigenvalue weighted by Gasteiger charge is 2.24. The van der Waals surface area contributed by atoms with Crippen LogP contribution >= 0.6 is 0 Å². The Morgan fingerprint density at radius 1 is 0.442 bits per heavy atom. The van der Waals surface area contributed by atoms with Gasteiger partial charge in [-0.05, 0) is 73.6 Å². The maximum atomic E-state index is 6.71. The Kier molecular flexibility index (Phi) is 7.77. The van der Waals surface area contributed by atoms with Crippen LogP contribution in [0.25, 0.3) is 83.0 Å². The van der Waals surface area contributed by atoms with Crippen molar-refractivity contribution in [3.63, 3.8) is 0 Å². The molecule has 0 bridgehead atoms. The lowest BCUT2D eigenvalue weighted by Gasteiger charge is -2.24. The summed E-state index contributed by atoms with van der Waals surface area (Å²) in [6.45, 7) is 0. The average Bonchev–Trinajstić information content (AvgIpc) is 3.58. The third-order valence-corrected chi connectivity index (χ3v) is 9.97. The van der Waals surface area contributed by atoms with Gasteiger partial charge >= 0.3 is 0 Å². The number of imidazole rings is 1. The minimum absolute atomic E-state index is 0.161. The molecule has 2 aromatic heterocycles. The van der Waals surface area contributed by atoms with Crippen molar-refractivity contribution in [1.82, 2.24) is 14.5 Å². The number of aromatic nitrogens is 3. The normalized spacial score (nSPS) is 11.5. The van der Waals surface area contributed by atoms with E-state index in [0.717, 1.165) is 66.0 Å². The summed E-state index contributed by atoms with van der Waals surface area (Å²) in [7, 11) is 32.5. The molecule has 10 radical (unpaired) electrons. The number of benzene rings is 7. The summed E-state index contributed by atoms with van der Waals surface area (Å²) in [4.78, 5) is 9.57. The van der Waals surface area contributed by atoms with Gasteiger partial charge in [-0.1, -0.05) is 120 Å². The van der Waals surface area contributed by atoms with Gasteiger partial charge in [-0.15, -0.1) is 16.4 Å². The number of hydrogen-bond acceptors (Lipinski definition) is 2. The van der Waals surface area contributed by atoms with Gasteiger partial charge in [0.15, 0.2) is 0 Å². The molecule has 52 heavy (non-hydrogen) atoms.